The minimum Gasteiger partial charge on any atom is -0.329 e. The molecule has 1 unspecified atom stereocenters. The SMILES string of the molecule is Cc1ccc(C(CN)N(C)C2CCCC2)s1. The van der Waals surface area contributed by atoms with Crippen LogP contribution >= 0.6 is 11.3 Å². The molecule has 16 heavy (non-hydrogen) atoms. The van der Waals surface area contributed by atoms with Gasteiger partial charge in [0.2, 0.25) is 0 Å². The fraction of sp³-hybridized carbons (Fsp3) is 0.692. The van der Waals surface area contributed by atoms with Gasteiger partial charge in [-0.05, 0) is 38.9 Å². The first-order valence-electron chi connectivity index (χ1n) is 6.20. The number of aryl methyl sites for hydroxylation is 1. The Kier molecular flexibility index (Phi) is 4.00. The van der Waals surface area contributed by atoms with Crippen LogP contribution in [0.3, 0.4) is 0 Å². The second-order valence-electron chi connectivity index (χ2n) is 4.80. The molecule has 0 bridgehead atoms. The van der Waals surface area contributed by atoms with E-state index in [0.29, 0.717) is 6.04 Å². The molecule has 1 aromatic heterocycles. The number of likely N-dealkylation sites (N-methyl/N-ethyl adjacent to an activating group) is 1. The highest BCUT2D eigenvalue weighted by atomic mass is 32.1. The van der Waals surface area contributed by atoms with Gasteiger partial charge in [0.1, 0.15) is 0 Å². The van der Waals surface area contributed by atoms with Gasteiger partial charge in [0.05, 0.1) is 6.04 Å². The van der Waals surface area contributed by atoms with E-state index in [-0.39, 0.29) is 0 Å². The van der Waals surface area contributed by atoms with Crippen molar-refractivity contribution >= 4 is 11.3 Å². The summed E-state index contributed by atoms with van der Waals surface area (Å²) in [6.07, 6.45) is 5.46. The number of rotatable bonds is 4. The van der Waals surface area contributed by atoms with Crippen molar-refractivity contribution in [1.82, 2.24) is 4.90 Å². The molecule has 1 atom stereocenters. The average Bonchev–Trinajstić information content (AvgIpc) is 2.90. The Balaban J connectivity index is 2.09. The number of hydrogen-bond donors (Lipinski definition) is 1. The summed E-state index contributed by atoms with van der Waals surface area (Å²) < 4.78 is 0. The molecule has 0 saturated heterocycles. The molecule has 2 N–H and O–H groups in total. The summed E-state index contributed by atoms with van der Waals surface area (Å²) >= 11 is 1.89. The predicted octanol–water partition coefficient (Wildman–Crippen LogP) is 2.93. The van der Waals surface area contributed by atoms with Crippen LogP contribution in [0.4, 0.5) is 0 Å². The molecule has 3 heteroatoms. The summed E-state index contributed by atoms with van der Waals surface area (Å²) in [6, 6.07) is 5.60. The summed E-state index contributed by atoms with van der Waals surface area (Å²) in [5.74, 6) is 0. The van der Waals surface area contributed by atoms with Crippen LogP contribution < -0.4 is 5.73 Å². The number of nitrogens with zero attached hydrogens (tertiary/aromatic N) is 1. The van der Waals surface area contributed by atoms with Gasteiger partial charge < -0.3 is 5.73 Å². The lowest BCUT2D eigenvalue weighted by Gasteiger charge is -2.31. The van der Waals surface area contributed by atoms with E-state index < -0.39 is 0 Å². The molecule has 1 heterocycles. The fourth-order valence-corrected chi connectivity index (χ4v) is 3.72. The molecule has 2 rings (SSSR count). The molecule has 1 aliphatic rings. The zero-order chi connectivity index (χ0) is 11.5. The van der Waals surface area contributed by atoms with Gasteiger partial charge in [-0.1, -0.05) is 12.8 Å². The topological polar surface area (TPSA) is 29.3 Å². The van der Waals surface area contributed by atoms with E-state index in [0.717, 1.165) is 12.6 Å². The van der Waals surface area contributed by atoms with Gasteiger partial charge in [0, 0.05) is 22.3 Å². The van der Waals surface area contributed by atoms with Crippen LogP contribution in [0.5, 0.6) is 0 Å². The normalized spacial score (nSPS) is 19.5. The first-order valence-corrected chi connectivity index (χ1v) is 7.02. The zero-order valence-corrected chi connectivity index (χ0v) is 11.1. The molecule has 1 aliphatic carbocycles. The lowest BCUT2D eigenvalue weighted by atomic mass is 10.1. The minimum absolute atomic E-state index is 0.418. The van der Waals surface area contributed by atoms with Crippen molar-refractivity contribution in [3.63, 3.8) is 0 Å². The molecule has 0 spiro atoms. The molecular weight excluding hydrogens is 216 g/mol. The van der Waals surface area contributed by atoms with Gasteiger partial charge in [0.25, 0.3) is 0 Å². The van der Waals surface area contributed by atoms with Crippen LogP contribution in [0, 0.1) is 6.92 Å². The Morgan fingerprint density at radius 1 is 1.44 bits per heavy atom. The van der Waals surface area contributed by atoms with E-state index >= 15 is 0 Å². The van der Waals surface area contributed by atoms with E-state index in [1.54, 1.807) is 0 Å². The van der Waals surface area contributed by atoms with Gasteiger partial charge in [-0.2, -0.15) is 0 Å². The Labute approximate surface area is 102 Å². The Morgan fingerprint density at radius 3 is 2.62 bits per heavy atom. The second-order valence-corrected chi connectivity index (χ2v) is 6.12. The summed E-state index contributed by atoms with van der Waals surface area (Å²) in [7, 11) is 2.24. The van der Waals surface area contributed by atoms with Crippen molar-refractivity contribution in [2.45, 2.75) is 44.7 Å². The molecule has 1 fully saturated rings. The lowest BCUT2D eigenvalue weighted by molar-refractivity contribution is 0.182. The molecular formula is C13H22N2S. The maximum Gasteiger partial charge on any atom is 0.0564 e. The molecule has 0 amide bonds. The van der Waals surface area contributed by atoms with Crippen molar-refractivity contribution in [2.75, 3.05) is 13.6 Å². The van der Waals surface area contributed by atoms with E-state index in [1.165, 1.54) is 35.4 Å². The summed E-state index contributed by atoms with van der Waals surface area (Å²) in [6.45, 7) is 2.89. The van der Waals surface area contributed by atoms with E-state index in [2.05, 4.69) is 31.0 Å². The molecule has 90 valence electrons. The first-order chi connectivity index (χ1) is 7.72. The van der Waals surface area contributed by atoms with Gasteiger partial charge >= 0.3 is 0 Å². The molecule has 1 saturated carbocycles. The minimum atomic E-state index is 0.418. The van der Waals surface area contributed by atoms with Crippen molar-refractivity contribution < 1.29 is 0 Å². The highest BCUT2D eigenvalue weighted by Crippen LogP contribution is 2.32. The third kappa shape index (κ3) is 2.47. The molecule has 0 aromatic carbocycles. The lowest BCUT2D eigenvalue weighted by Crippen LogP contribution is -2.36. The Morgan fingerprint density at radius 2 is 2.12 bits per heavy atom. The molecule has 0 radical (unpaired) electrons. The zero-order valence-electron chi connectivity index (χ0n) is 10.3. The summed E-state index contributed by atoms with van der Waals surface area (Å²) in [4.78, 5) is 5.31. The van der Waals surface area contributed by atoms with Crippen LogP contribution in [0.25, 0.3) is 0 Å². The predicted molar refractivity (Wildman–Crippen MR) is 70.9 cm³/mol. The number of hydrogen-bond acceptors (Lipinski definition) is 3. The first kappa shape index (κ1) is 12.1. The van der Waals surface area contributed by atoms with Crippen molar-refractivity contribution in [2.24, 2.45) is 5.73 Å². The average molecular weight is 238 g/mol. The molecule has 2 nitrogen and oxygen atoms in total. The quantitative estimate of drug-likeness (QED) is 0.874. The maximum atomic E-state index is 5.95. The standard InChI is InChI=1S/C13H22N2S/c1-10-7-8-13(16-10)12(9-14)15(2)11-5-3-4-6-11/h7-8,11-12H,3-6,9,14H2,1-2H3. The van der Waals surface area contributed by atoms with Crippen molar-refractivity contribution in [3.8, 4) is 0 Å². The van der Waals surface area contributed by atoms with E-state index in [4.69, 9.17) is 5.73 Å². The summed E-state index contributed by atoms with van der Waals surface area (Å²) in [5, 5.41) is 0. The van der Waals surface area contributed by atoms with E-state index in [1.807, 2.05) is 11.3 Å². The van der Waals surface area contributed by atoms with Gasteiger partial charge in [-0.25, -0.2) is 0 Å². The fourth-order valence-electron chi connectivity index (χ4n) is 2.68. The highest BCUT2D eigenvalue weighted by molar-refractivity contribution is 7.12. The Bertz CT molecular complexity index is 328. The number of thiophene rings is 1. The van der Waals surface area contributed by atoms with Crippen LogP contribution in [-0.4, -0.2) is 24.5 Å². The van der Waals surface area contributed by atoms with E-state index in [9.17, 15) is 0 Å². The van der Waals surface area contributed by atoms with Gasteiger partial charge in [0.15, 0.2) is 0 Å². The smallest absolute Gasteiger partial charge is 0.0564 e. The van der Waals surface area contributed by atoms with Crippen molar-refractivity contribution in [1.29, 1.82) is 0 Å². The van der Waals surface area contributed by atoms with Crippen LogP contribution in [-0.2, 0) is 0 Å². The second kappa shape index (κ2) is 5.30. The van der Waals surface area contributed by atoms with Crippen LogP contribution in [0.2, 0.25) is 0 Å². The van der Waals surface area contributed by atoms with Gasteiger partial charge in [-0.3, -0.25) is 4.90 Å². The van der Waals surface area contributed by atoms with Crippen LogP contribution in [0.1, 0.15) is 41.5 Å². The highest BCUT2D eigenvalue weighted by Gasteiger charge is 2.26. The molecule has 0 aliphatic heterocycles. The largest absolute Gasteiger partial charge is 0.329 e. The van der Waals surface area contributed by atoms with Crippen molar-refractivity contribution in [3.05, 3.63) is 21.9 Å². The third-order valence-corrected chi connectivity index (χ3v) is 4.81. The van der Waals surface area contributed by atoms with Crippen LogP contribution in [0.15, 0.2) is 12.1 Å². The molecule has 1 aromatic rings. The summed E-state index contributed by atoms with van der Waals surface area (Å²) in [5.41, 5.74) is 5.95. The monoisotopic (exact) mass is 238 g/mol. The Hall–Kier alpha value is -0.380. The third-order valence-electron chi connectivity index (χ3n) is 3.71. The number of nitrogens with two attached hydrogens (primary N) is 1. The van der Waals surface area contributed by atoms with Gasteiger partial charge in [-0.15, -0.1) is 11.3 Å². The maximum absolute atomic E-state index is 5.95.